The lowest BCUT2D eigenvalue weighted by molar-refractivity contribution is 0.00589. The van der Waals surface area contributed by atoms with E-state index in [1.807, 2.05) is 48.5 Å². The Balaban J connectivity index is 1.65. The zero-order chi connectivity index (χ0) is 14.5. The number of aromatic nitrogens is 1. The fourth-order valence-electron chi connectivity index (χ4n) is 2.13. The van der Waals surface area contributed by atoms with Crippen LogP contribution in [0.4, 0.5) is 5.69 Å². The smallest absolute Gasteiger partial charge is 0.189 e. The van der Waals surface area contributed by atoms with Crippen molar-refractivity contribution in [3.05, 3.63) is 66.4 Å². The molecule has 0 aliphatic heterocycles. The molecule has 0 spiro atoms. The van der Waals surface area contributed by atoms with Gasteiger partial charge in [-0.15, -0.1) is 0 Å². The second kappa shape index (κ2) is 6.24. The number of pyridine rings is 1. The lowest BCUT2D eigenvalue weighted by Gasteiger charge is -2.10. The summed E-state index contributed by atoms with van der Waals surface area (Å²) < 4.78 is 11.2. The molecule has 0 saturated heterocycles. The van der Waals surface area contributed by atoms with E-state index in [1.54, 1.807) is 12.3 Å². The maximum absolute atomic E-state index is 5.91. The summed E-state index contributed by atoms with van der Waals surface area (Å²) >= 11 is 0. The molecule has 0 unspecified atom stereocenters. The monoisotopic (exact) mass is 280 g/mol. The summed E-state index contributed by atoms with van der Waals surface area (Å²) in [5.74, 6) is 0.723. The highest BCUT2D eigenvalue weighted by atomic mass is 16.7. The van der Waals surface area contributed by atoms with E-state index in [4.69, 9.17) is 15.2 Å². The SMILES string of the molecule is Nc1ccc(OCOCc2ccccc2)c2cccnc12. The summed E-state index contributed by atoms with van der Waals surface area (Å²) in [7, 11) is 0. The first-order chi connectivity index (χ1) is 10.3. The Kier molecular flexibility index (Phi) is 3.98. The van der Waals surface area contributed by atoms with E-state index in [-0.39, 0.29) is 6.79 Å². The molecule has 0 fully saturated rings. The largest absolute Gasteiger partial charge is 0.467 e. The van der Waals surface area contributed by atoms with Gasteiger partial charge in [0, 0.05) is 11.6 Å². The number of ether oxygens (including phenoxy) is 2. The van der Waals surface area contributed by atoms with Gasteiger partial charge in [-0.2, -0.15) is 0 Å². The molecule has 3 rings (SSSR count). The van der Waals surface area contributed by atoms with Gasteiger partial charge in [-0.3, -0.25) is 4.98 Å². The topological polar surface area (TPSA) is 57.4 Å². The van der Waals surface area contributed by atoms with Crippen LogP contribution in [0.2, 0.25) is 0 Å². The van der Waals surface area contributed by atoms with Crippen molar-refractivity contribution in [1.82, 2.24) is 4.98 Å². The molecular weight excluding hydrogens is 264 g/mol. The quantitative estimate of drug-likeness (QED) is 0.442. The predicted octanol–water partition coefficient (Wildman–Crippen LogP) is 3.37. The van der Waals surface area contributed by atoms with Crippen molar-refractivity contribution in [2.75, 3.05) is 12.5 Å². The number of benzene rings is 2. The number of nitrogen functional groups attached to an aromatic ring is 1. The average molecular weight is 280 g/mol. The fraction of sp³-hybridized carbons (Fsp3) is 0.118. The number of hydrogen-bond donors (Lipinski definition) is 1. The summed E-state index contributed by atoms with van der Waals surface area (Å²) in [5.41, 5.74) is 8.41. The van der Waals surface area contributed by atoms with Crippen LogP contribution in [0.25, 0.3) is 10.9 Å². The third-order valence-electron chi connectivity index (χ3n) is 3.17. The van der Waals surface area contributed by atoms with Gasteiger partial charge in [-0.1, -0.05) is 30.3 Å². The molecular formula is C17H16N2O2. The normalized spacial score (nSPS) is 10.7. The van der Waals surface area contributed by atoms with Crippen LogP contribution >= 0.6 is 0 Å². The van der Waals surface area contributed by atoms with Crippen molar-refractivity contribution in [2.24, 2.45) is 0 Å². The molecule has 21 heavy (non-hydrogen) atoms. The molecule has 106 valence electrons. The van der Waals surface area contributed by atoms with Gasteiger partial charge in [0.2, 0.25) is 0 Å². The van der Waals surface area contributed by atoms with Gasteiger partial charge in [0.05, 0.1) is 17.8 Å². The molecule has 4 heteroatoms. The van der Waals surface area contributed by atoms with Crippen LogP contribution in [0.3, 0.4) is 0 Å². The Labute approximate surface area is 123 Å². The van der Waals surface area contributed by atoms with E-state index in [0.717, 1.165) is 22.2 Å². The zero-order valence-corrected chi connectivity index (χ0v) is 11.5. The van der Waals surface area contributed by atoms with E-state index in [0.29, 0.717) is 12.3 Å². The Morgan fingerprint density at radius 2 is 1.81 bits per heavy atom. The lowest BCUT2D eigenvalue weighted by atomic mass is 10.2. The highest BCUT2D eigenvalue weighted by Crippen LogP contribution is 2.28. The van der Waals surface area contributed by atoms with Crippen molar-refractivity contribution >= 4 is 16.6 Å². The van der Waals surface area contributed by atoms with Gasteiger partial charge < -0.3 is 15.2 Å². The van der Waals surface area contributed by atoms with Crippen LogP contribution < -0.4 is 10.5 Å². The molecule has 0 amide bonds. The lowest BCUT2D eigenvalue weighted by Crippen LogP contribution is -2.03. The second-order valence-corrected chi connectivity index (χ2v) is 4.65. The van der Waals surface area contributed by atoms with Crippen molar-refractivity contribution in [1.29, 1.82) is 0 Å². The molecule has 1 heterocycles. The summed E-state index contributed by atoms with van der Waals surface area (Å²) in [6, 6.07) is 17.4. The Morgan fingerprint density at radius 1 is 0.952 bits per heavy atom. The van der Waals surface area contributed by atoms with Gasteiger partial charge >= 0.3 is 0 Å². The van der Waals surface area contributed by atoms with Crippen molar-refractivity contribution < 1.29 is 9.47 Å². The zero-order valence-electron chi connectivity index (χ0n) is 11.5. The Bertz CT molecular complexity index is 729. The minimum atomic E-state index is 0.183. The highest BCUT2D eigenvalue weighted by molar-refractivity contribution is 5.93. The summed E-state index contributed by atoms with van der Waals surface area (Å²) in [6.45, 7) is 0.703. The molecule has 0 atom stereocenters. The van der Waals surface area contributed by atoms with Crippen LogP contribution in [-0.2, 0) is 11.3 Å². The van der Waals surface area contributed by atoms with E-state index in [1.165, 1.54) is 0 Å². The number of rotatable bonds is 5. The molecule has 2 aromatic carbocycles. The van der Waals surface area contributed by atoms with Gasteiger partial charge in [-0.25, -0.2) is 0 Å². The molecule has 0 aliphatic carbocycles. The number of nitrogens with two attached hydrogens (primary N) is 1. The van der Waals surface area contributed by atoms with Crippen LogP contribution in [0.15, 0.2) is 60.8 Å². The van der Waals surface area contributed by atoms with Crippen molar-refractivity contribution in [2.45, 2.75) is 6.61 Å². The maximum atomic E-state index is 5.91. The first kappa shape index (κ1) is 13.4. The molecule has 2 N–H and O–H groups in total. The summed E-state index contributed by atoms with van der Waals surface area (Å²) in [4.78, 5) is 4.27. The minimum absolute atomic E-state index is 0.183. The van der Waals surface area contributed by atoms with E-state index < -0.39 is 0 Å². The molecule has 1 aromatic heterocycles. The maximum Gasteiger partial charge on any atom is 0.189 e. The highest BCUT2D eigenvalue weighted by Gasteiger charge is 2.05. The number of anilines is 1. The third-order valence-corrected chi connectivity index (χ3v) is 3.17. The minimum Gasteiger partial charge on any atom is -0.467 e. The number of nitrogens with zero attached hydrogens (tertiary/aromatic N) is 1. The van der Waals surface area contributed by atoms with E-state index >= 15 is 0 Å². The number of hydrogen-bond acceptors (Lipinski definition) is 4. The van der Waals surface area contributed by atoms with Gasteiger partial charge in [0.15, 0.2) is 6.79 Å². The Hall–Kier alpha value is -2.59. The third kappa shape index (κ3) is 3.12. The van der Waals surface area contributed by atoms with Crippen LogP contribution in [0.1, 0.15) is 5.56 Å². The van der Waals surface area contributed by atoms with Crippen molar-refractivity contribution in [3.8, 4) is 5.75 Å². The van der Waals surface area contributed by atoms with Crippen LogP contribution in [-0.4, -0.2) is 11.8 Å². The second-order valence-electron chi connectivity index (χ2n) is 4.65. The molecule has 4 nitrogen and oxygen atoms in total. The molecule has 3 aromatic rings. The van der Waals surface area contributed by atoms with Gasteiger partial charge in [-0.05, 0) is 29.8 Å². The van der Waals surface area contributed by atoms with Gasteiger partial charge in [0.25, 0.3) is 0 Å². The van der Waals surface area contributed by atoms with E-state index in [9.17, 15) is 0 Å². The number of fused-ring (bicyclic) bond motifs is 1. The average Bonchev–Trinajstić information content (AvgIpc) is 2.55. The standard InChI is InChI=1S/C17H16N2O2/c18-15-8-9-16(14-7-4-10-19-17(14)15)21-12-20-11-13-5-2-1-3-6-13/h1-10H,11-12,18H2. The molecule has 0 radical (unpaired) electrons. The summed E-state index contributed by atoms with van der Waals surface area (Å²) in [5, 5.41) is 0.890. The van der Waals surface area contributed by atoms with Crippen molar-refractivity contribution in [3.63, 3.8) is 0 Å². The van der Waals surface area contributed by atoms with Gasteiger partial charge in [0.1, 0.15) is 5.75 Å². The Morgan fingerprint density at radius 3 is 2.67 bits per heavy atom. The first-order valence-corrected chi connectivity index (χ1v) is 6.72. The molecule has 0 aliphatic rings. The summed E-state index contributed by atoms with van der Waals surface area (Å²) in [6.07, 6.45) is 1.72. The molecule has 0 bridgehead atoms. The predicted molar refractivity (Wildman–Crippen MR) is 82.9 cm³/mol. The fourth-order valence-corrected chi connectivity index (χ4v) is 2.13. The van der Waals surface area contributed by atoms with E-state index in [2.05, 4.69) is 4.98 Å². The molecule has 0 saturated carbocycles. The first-order valence-electron chi connectivity index (χ1n) is 6.72. The van der Waals surface area contributed by atoms with Crippen LogP contribution in [0, 0.1) is 0 Å². The van der Waals surface area contributed by atoms with Crippen LogP contribution in [0.5, 0.6) is 5.75 Å².